The predicted molar refractivity (Wildman–Crippen MR) is 51.3 cm³/mol. The molecule has 0 saturated carbocycles. The molecule has 2 heteroatoms. The Kier molecular flexibility index (Phi) is 2.83. The highest BCUT2D eigenvalue weighted by Crippen LogP contribution is 2.23. The number of hydrogen-bond acceptors (Lipinski definition) is 2. The fraction of sp³-hybridized carbons (Fsp3) is 0.364. The van der Waals surface area contributed by atoms with Gasteiger partial charge < -0.3 is 5.11 Å². The van der Waals surface area contributed by atoms with Crippen molar-refractivity contribution in [3.63, 3.8) is 0 Å². The minimum atomic E-state index is -1.03. The van der Waals surface area contributed by atoms with Gasteiger partial charge in [0.05, 0.1) is 5.60 Å². The lowest BCUT2D eigenvalue weighted by molar-refractivity contribution is -0.121. The van der Waals surface area contributed by atoms with Crippen molar-refractivity contribution in [2.75, 3.05) is 0 Å². The third-order valence-corrected chi connectivity index (χ3v) is 1.99. The molecule has 1 rings (SSSR count). The molecule has 0 aliphatic rings. The second-order valence-corrected chi connectivity index (χ2v) is 3.52. The Morgan fingerprint density at radius 2 is 1.92 bits per heavy atom. The van der Waals surface area contributed by atoms with Crippen molar-refractivity contribution in [1.82, 2.24) is 0 Å². The van der Waals surface area contributed by atoms with E-state index in [0.717, 1.165) is 5.56 Å². The van der Waals surface area contributed by atoms with Crippen molar-refractivity contribution in [3.05, 3.63) is 35.9 Å². The molecule has 0 aliphatic carbocycles. The highest BCUT2D eigenvalue weighted by Gasteiger charge is 2.24. The van der Waals surface area contributed by atoms with Crippen LogP contribution in [-0.2, 0) is 10.4 Å². The number of carbonyl (C=O) groups excluding carboxylic acids is 1. The molecule has 0 bridgehead atoms. The Hall–Kier alpha value is -1.15. The lowest BCUT2D eigenvalue weighted by Crippen LogP contribution is -2.23. The van der Waals surface area contributed by atoms with E-state index < -0.39 is 5.60 Å². The van der Waals surface area contributed by atoms with Crippen LogP contribution in [0.4, 0.5) is 0 Å². The van der Waals surface area contributed by atoms with Gasteiger partial charge in [-0.2, -0.15) is 0 Å². The summed E-state index contributed by atoms with van der Waals surface area (Å²) in [4.78, 5) is 10.9. The van der Waals surface area contributed by atoms with Gasteiger partial charge in [-0.1, -0.05) is 30.3 Å². The minimum Gasteiger partial charge on any atom is -0.385 e. The van der Waals surface area contributed by atoms with Crippen LogP contribution in [-0.4, -0.2) is 10.9 Å². The molecule has 0 aromatic heterocycles. The Morgan fingerprint density at radius 1 is 1.38 bits per heavy atom. The van der Waals surface area contributed by atoms with Gasteiger partial charge in [0, 0.05) is 6.42 Å². The Balaban J connectivity index is 2.87. The van der Waals surface area contributed by atoms with Gasteiger partial charge in [-0.25, -0.2) is 0 Å². The molecule has 2 nitrogen and oxygen atoms in total. The number of ketones is 1. The van der Waals surface area contributed by atoms with Crippen LogP contribution >= 0.6 is 0 Å². The molecule has 0 aliphatic heterocycles. The molecule has 13 heavy (non-hydrogen) atoms. The summed E-state index contributed by atoms with van der Waals surface area (Å²) < 4.78 is 0. The highest BCUT2D eigenvalue weighted by atomic mass is 16.3. The third kappa shape index (κ3) is 2.67. The van der Waals surface area contributed by atoms with E-state index in [-0.39, 0.29) is 12.2 Å². The number of benzene rings is 1. The maximum absolute atomic E-state index is 10.9. The molecule has 0 radical (unpaired) electrons. The lowest BCUT2D eigenvalue weighted by Gasteiger charge is -2.22. The second-order valence-electron chi connectivity index (χ2n) is 3.52. The van der Waals surface area contributed by atoms with E-state index in [2.05, 4.69) is 0 Å². The van der Waals surface area contributed by atoms with Crippen molar-refractivity contribution in [3.8, 4) is 0 Å². The largest absolute Gasteiger partial charge is 0.385 e. The zero-order valence-electron chi connectivity index (χ0n) is 7.95. The van der Waals surface area contributed by atoms with Gasteiger partial charge in [-0.15, -0.1) is 0 Å². The SMILES string of the molecule is CC(=O)C[C@@](C)(O)c1ccccc1. The Morgan fingerprint density at radius 3 is 2.38 bits per heavy atom. The maximum atomic E-state index is 10.9. The number of carbonyl (C=O) groups is 1. The molecule has 0 unspecified atom stereocenters. The molecule has 0 spiro atoms. The summed E-state index contributed by atoms with van der Waals surface area (Å²) in [5, 5.41) is 9.94. The summed E-state index contributed by atoms with van der Waals surface area (Å²) in [7, 11) is 0. The molecule has 70 valence electrons. The van der Waals surface area contributed by atoms with Gasteiger partial charge in [0.2, 0.25) is 0 Å². The van der Waals surface area contributed by atoms with Crippen LogP contribution in [0.5, 0.6) is 0 Å². The van der Waals surface area contributed by atoms with Crippen LogP contribution in [0.1, 0.15) is 25.8 Å². The molecule has 0 heterocycles. The number of Topliss-reactive ketones (excluding diaryl/α,β-unsaturated/α-hetero) is 1. The zero-order chi connectivity index (χ0) is 9.90. The molecular weight excluding hydrogens is 164 g/mol. The summed E-state index contributed by atoms with van der Waals surface area (Å²) in [6, 6.07) is 9.23. The van der Waals surface area contributed by atoms with Crippen LogP contribution in [0, 0.1) is 0 Å². The first-order valence-electron chi connectivity index (χ1n) is 4.30. The van der Waals surface area contributed by atoms with Crippen LogP contribution in [0.25, 0.3) is 0 Å². The van der Waals surface area contributed by atoms with Crippen LogP contribution in [0.2, 0.25) is 0 Å². The molecule has 1 aromatic carbocycles. The first kappa shape index (κ1) is 9.93. The molecule has 0 amide bonds. The normalized spacial score (nSPS) is 15.0. The van der Waals surface area contributed by atoms with E-state index in [1.165, 1.54) is 6.92 Å². The lowest BCUT2D eigenvalue weighted by atomic mass is 9.91. The van der Waals surface area contributed by atoms with E-state index in [1.807, 2.05) is 30.3 Å². The number of aliphatic hydroxyl groups is 1. The van der Waals surface area contributed by atoms with Crippen LogP contribution in [0.15, 0.2) is 30.3 Å². The van der Waals surface area contributed by atoms with Gasteiger partial charge in [0.15, 0.2) is 0 Å². The van der Waals surface area contributed by atoms with Gasteiger partial charge in [-0.3, -0.25) is 4.79 Å². The number of hydrogen-bond donors (Lipinski definition) is 1. The summed E-state index contributed by atoms with van der Waals surface area (Å²) in [5.41, 5.74) is -0.252. The van der Waals surface area contributed by atoms with Gasteiger partial charge in [0.1, 0.15) is 5.78 Å². The fourth-order valence-corrected chi connectivity index (χ4v) is 1.38. The standard InChI is InChI=1S/C11H14O2/c1-9(12)8-11(2,13)10-6-4-3-5-7-10/h3-7,13H,8H2,1-2H3/t11-/m1/s1. The Bertz CT molecular complexity index is 288. The average molecular weight is 178 g/mol. The van der Waals surface area contributed by atoms with Crippen molar-refractivity contribution < 1.29 is 9.90 Å². The first-order valence-corrected chi connectivity index (χ1v) is 4.30. The second kappa shape index (κ2) is 3.71. The van der Waals surface area contributed by atoms with Crippen LogP contribution in [0.3, 0.4) is 0 Å². The van der Waals surface area contributed by atoms with Crippen LogP contribution < -0.4 is 0 Å². The Labute approximate surface area is 78.2 Å². The smallest absolute Gasteiger partial charge is 0.133 e. The van der Waals surface area contributed by atoms with E-state index in [0.29, 0.717) is 0 Å². The van der Waals surface area contributed by atoms with Crippen molar-refractivity contribution in [2.45, 2.75) is 25.9 Å². The molecule has 1 atom stereocenters. The van der Waals surface area contributed by atoms with E-state index in [1.54, 1.807) is 6.92 Å². The van der Waals surface area contributed by atoms with Crippen molar-refractivity contribution >= 4 is 5.78 Å². The summed E-state index contributed by atoms with van der Waals surface area (Å²) in [6.45, 7) is 3.14. The predicted octanol–water partition coefficient (Wildman–Crippen LogP) is 1.87. The quantitative estimate of drug-likeness (QED) is 0.767. The van der Waals surface area contributed by atoms with E-state index in [4.69, 9.17) is 0 Å². The third-order valence-electron chi connectivity index (χ3n) is 1.99. The fourth-order valence-electron chi connectivity index (χ4n) is 1.38. The van der Waals surface area contributed by atoms with Gasteiger partial charge in [0.25, 0.3) is 0 Å². The van der Waals surface area contributed by atoms with Crippen molar-refractivity contribution in [2.24, 2.45) is 0 Å². The first-order chi connectivity index (χ1) is 6.02. The summed E-state index contributed by atoms with van der Waals surface area (Å²) in [5.74, 6) is -0.00569. The van der Waals surface area contributed by atoms with Gasteiger partial charge in [-0.05, 0) is 19.4 Å². The summed E-state index contributed by atoms with van der Waals surface area (Å²) in [6.07, 6.45) is 0.164. The minimum absolute atomic E-state index is 0.00569. The summed E-state index contributed by atoms with van der Waals surface area (Å²) >= 11 is 0. The van der Waals surface area contributed by atoms with E-state index in [9.17, 15) is 9.90 Å². The molecule has 0 fully saturated rings. The molecular formula is C11H14O2. The van der Waals surface area contributed by atoms with E-state index >= 15 is 0 Å². The van der Waals surface area contributed by atoms with Crippen molar-refractivity contribution in [1.29, 1.82) is 0 Å². The molecule has 1 aromatic rings. The average Bonchev–Trinajstić information content (AvgIpc) is 2.04. The molecule has 0 saturated heterocycles. The molecule has 1 N–H and O–H groups in total. The monoisotopic (exact) mass is 178 g/mol. The number of rotatable bonds is 3. The van der Waals surface area contributed by atoms with Gasteiger partial charge >= 0.3 is 0 Å². The maximum Gasteiger partial charge on any atom is 0.133 e. The topological polar surface area (TPSA) is 37.3 Å². The highest BCUT2D eigenvalue weighted by molar-refractivity contribution is 5.76. The zero-order valence-corrected chi connectivity index (χ0v) is 7.95.